The van der Waals surface area contributed by atoms with Crippen LogP contribution in [-0.2, 0) is 6.42 Å². The van der Waals surface area contributed by atoms with Crippen LogP contribution in [0.4, 0.5) is 0 Å². The molecule has 13 heavy (non-hydrogen) atoms. The quantitative estimate of drug-likeness (QED) is 0.493. The predicted molar refractivity (Wildman–Crippen MR) is 46.2 cm³/mol. The van der Waals surface area contributed by atoms with Crippen LogP contribution >= 0.6 is 12.3 Å². The van der Waals surface area contributed by atoms with Crippen molar-refractivity contribution < 1.29 is 65.2 Å². The third-order valence-electron chi connectivity index (χ3n) is 1.45. The van der Waals surface area contributed by atoms with Gasteiger partial charge in [-0.2, -0.15) is 0 Å². The van der Waals surface area contributed by atoms with Crippen LogP contribution in [0.2, 0.25) is 0 Å². The minimum atomic E-state index is 0. The van der Waals surface area contributed by atoms with Crippen LogP contribution in [0.25, 0.3) is 0 Å². The van der Waals surface area contributed by atoms with Gasteiger partial charge in [-0.15, -0.1) is 0 Å². The van der Waals surface area contributed by atoms with E-state index in [-0.39, 0.29) is 70.3 Å². The molecule has 0 radical (unpaired) electrons. The summed E-state index contributed by atoms with van der Waals surface area (Å²) in [6, 6.07) is 7.05. The molecule has 0 aliphatic rings. The van der Waals surface area contributed by atoms with Crippen molar-refractivity contribution in [2.24, 2.45) is 0 Å². The average molecular weight is 224 g/mol. The van der Waals surface area contributed by atoms with Crippen molar-refractivity contribution in [2.45, 2.75) is 6.42 Å². The van der Waals surface area contributed by atoms with Crippen LogP contribution in [0.5, 0.6) is 5.75 Å². The molecule has 0 aliphatic carbocycles. The number of rotatable bonds is 4. The maximum Gasteiger partial charge on any atom is 1.00 e. The molecule has 5 heteroatoms. The predicted octanol–water partition coefficient (Wildman–Crippen LogP) is -1.62. The van der Waals surface area contributed by atoms with Gasteiger partial charge in [-0.3, -0.25) is 0 Å². The Labute approximate surface area is 124 Å². The van der Waals surface area contributed by atoms with Gasteiger partial charge in [0.15, 0.2) is 0 Å². The Bertz CT molecular complexity index is 202. The van der Waals surface area contributed by atoms with Crippen molar-refractivity contribution in [3.8, 4) is 5.75 Å². The maximum atomic E-state index is 9.96. The number of aliphatic hydroxyl groups excluding tert-OH is 1. The molecule has 0 atom stereocenters. The zero-order valence-corrected chi connectivity index (χ0v) is 11.3. The van der Waals surface area contributed by atoms with Crippen molar-refractivity contribution in [1.82, 2.24) is 0 Å². The first-order chi connectivity index (χ1) is 5.86. The number of aliphatic hydroxyl groups is 1. The van der Waals surface area contributed by atoms with Gasteiger partial charge >= 0.3 is 51.4 Å². The Morgan fingerprint density at radius 3 is 2.38 bits per heavy atom. The Hall–Kier alpha value is 0.926. The summed E-state index contributed by atoms with van der Waals surface area (Å²) in [6.07, 6.45) is 0.630. The number of hydrogen-bond acceptors (Lipinski definition) is 4. The molecule has 1 N–H and O–H groups in total. The molecule has 0 saturated heterocycles. The van der Waals surface area contributed by atoms with Crippen LogP contribution in [0.1, 0.15) is 5.56 Å². The molecule has 3 nitrogen and oxygen atoms in total. The van der Waals surface area contributed by atoms with E-state index < -0.39 is 0 Å². The second-order valence-electron chi connectivity index (χ2n) is 2.27. The molecule has 0 saturated carbocycles. The fourth-order valence-electron chi connectivity index (χ4n) is 0.880. The van der Waals surface area contributed by atoms with Gasteiger partial charge in [0.2, 0.25) is 0 Å². The van der Waals surface area contributed by atoms with Crippen LogP contribution in [0.15, 0.2) is 24.3 Å². The molecule has 1 rings (SSSR count). The van der Waals surface area contributed by atoms with Crippen LogP contribution in [0, 0.1) is 0 Å². The van der Waals surface area contributed by atoms with Crippen LogP contribution in [0.3, 0.4) is 0 Å². The molecule has 0 amide bonds. The zero-order chi connectivity index (χ0) is 8.81. The normalized spacial score (nSPS) is 9.08. The fraction of sp³-hybridized carbons (Fsp3) is 0.250. The van der Waals surface area contributed by atoms with E-state index in [1.54, 1.807) is 12.1 Å². The molecule has 0 spiro atoms. The number of hydrogen-bond donors (Lipinski definition) is 1. The molecule has 0 fully saturated rings. The molecular weight excluding hydrogens is 215 g/mol. The summed E-state index contributed by atoms with van der Waals surface area (Å²) in [5, 5.41) is 8.61. The summed E-state index contributed by atoms with van der Waals surface area (Å²) in [6.45, 7) is 0.135. The summed E-state index contributed by atoms with van der Waals surface area (Å²) in [5.74, 6) is 0.539. The standard InChI is InChI=1S/C8H10O3S.K/c9-6-5-7-1-3-8(4-2-7)11-12-10;/h1-4,9-10H,5-6H2;/q;+1/p-1. The summed E-state index contributed by atoms with van der Waals surface area (Å²) in [5.41, 5.74) is 1.03. The van der Waals surface area contributed by atoms with Gasteiger partial charge in [-0.25, -0.2) is 0 Å². The Morgan fingerprint density at radius 2 is 1.92 bits per heavy atom. The van der Waals surface area contributed by atoms with E-state index in [4.69, 9.17) is 5.11 Å². The molecule has 0 aliphatic heterocycles. The maximum absolute atomic E-state index is 9.96. The molecule has 66 valence electrons. The van der Waals surface area contributed by atoms with Crippen molar-refractivity contribution in [2.75, 3.05) is 6.61 Å². The van der Waals surface area contributed by atoms with E-state index in [0.717, 1.165) is 5.56 Å². The summed E-state index contributed by atoms with van der Waals surface area (Å²) < 4.78 is 14.6. The second kappa shape index (κ2) is 8.25. The van der Waals surface area contributed by atoms with E-state index in [2.05, 4.69) is 4.18 Å². The van der Waals surface area contributed by atoms with E-state index >= 15 is 0 Å². The minimum Gasteiger partial charge on any atom is -0.766 e. The second-order valence-corrected chi connectivity index (χ2v) is 2.57. The van der Waals surface area contributed by atoms with Gasteiger partial charge in [0, 0.05) is 6.61 Å². The van der Waals surface area contributed by atoms with Gasteiger partial charge in [-0.1, -0.05) is 12.1 Å². The summed E-state index contributed by atoms with van der Waals surface area (Å²) >= 11 is 0.0746. The molecule has 0 aromatic heterocycles. The summed E-state index contributed by atoms with van der Waals surface area (Å²) in [4.78, 5) is 0. The third kappa shape index (κ3) is 5.39. The van der Waals surface area contributed by atoms with Crippen LogP contribution < -0.4 is 55.6 Å². The van der Waals surface area contributed by atoms with E-state index in [1.807, 2.05) is 12.1 Å². The van der Waals surface area contributed by atoms with Crippen LogP contribution in [-0.4, -0.2) is 16.3 Å². The van der Waals surface area contributed by atoms with E-state index in [0.29, 0.717) is 12.2 Å². The molecule has 0 heterocycles. The van der Waals surface area contributed by atoms with Crippen molar-refractivity contribution >= 4 is 12.3 Å². The molecular formula is C8H9KO3S. The SMILES string of the molecule is [K+].[O-]SOc1ccc(CCO)cc1. The monoisotopic (exact) mass is 224 g/mol. The Balaban J connectivity index is 0.00000144. The zero-order valence-electron chi connectivity index (χ0n) is 7.40. The van der Waals surface area contributed by atoms with Gasteiger partial charge in [0.1, 0.15) is 5.75 Å². The van der Waals surface area contributed by atoms with E-state index in [1.165, 1.54) is 0 Å². The molecule has 1 aromatic rings. The van der Waals surface area contributed by atoms with Gasteiger partial charge in [0.05, 0.1) is 0 Å². The topological polar surface area (TPSA) is 52.5 Å². The first-order valence-electron chi connectivity index (χ1n) is 3.53. The van der Waals surface area contributed by atoms with Gasteiger partial charge in [-0.05, 0) is 36.4 Å². The minimum absolute atomic E-state index is 0. The first kappa shape index (κ1) is 13.9. The number of benzene rings is 1. The van der Waals surface area contributed by atoms with Crippen molar-refractivity contribution in [3.63, 3.8) is 0 Å². The Kier molecular flexibility index (Phi) is 8.84. The fourth-order valence-corrected chi connectivity index (χ4v) is 1.07. The third-order valence-corrected chi connectivity index (χ3v) is 1.71. The van der Waals surface area contributed by atoms with Crippen molar-refractivity contribution in [3.05, 3.63) is 29.8 Å². The van der Waals surface area contributed by atoms with Crippen molar-refractivity contribution in [1.29, 1.82) is 0 Å². The average Bonchev–Trinajstić information content (AvgIpc) is 2.09. The largest absolute Gasteiger partial charge is 1.00 e. The van der Waals surface area contributed by atoms with E-state index in [9.17, 15) is 4.55 Å². The molecule has 1 aromatic carbocycles. The smallest absolute Gasteiger partial charge is 0.766 e. The molecule has 0 unspecified atom stereocenters. The molecule has 0 bridgehead atoms. The van der Waals surface area contributed by atoms with Gasteiger partial charge < -0.3 is 13.8 Å². The first-order valence-corrected chi connectivity index (χ1v) is 4.20. The van der Waals surface area contributed by atoms with Gasteiger partial charge in [0.25, 0.3) is 0 Å². The Morgan fingerprint density at radius 1 is 1.31 bits per heavy atom. The summed E-state index contributed by atoms with van der Waals surface area (Å²) in [7, 11) is 0.